The molecule has 0 aliphatic heterocycles. The van der Waals surface area contributed by atoms with Crippen LogP contribution in [0.3, 0.4) is 0 Å². The molecule has 0 saturated carbocycles. The molecular formula is C6H10N. The van der Waals surface area contributed by atoms with Crippen molar-refractivity contribution in [2.45, 2.75) is 25.7 Å². The summed E-state index contributed by atoms with van der Waals surface area (Å²) in [7, 11) is 0. The minimum absolute atomic E-state index is 0.964. The highest BCUT2D eigenvalue weighted by Gasteiger charge is 1.96. The van der Waals surface area contributed by atoms with Gasteiger partial charge in [-0.3, -0.25) is 0 Å². The molecule has 7 heavy (non-hydrogen) atoms. The van der Waals surface area contributed by atoms with Crippen molar-refractivity contribution in [2.75, 3.05) is 0 Å². The van der Waals surface area contributed by atoms with E-state index >= 15 is 0 Å². The van der Waals surface area contributed by atoms with Gasteiger partial charge < -0.3 is 5.73 Å². The van der Waals surface area contributed by atoms with Gasteiger partial charge in [0.05, 0.1) is 0 Å². The summed E-state index contributed by atoms with van der Waals surface area (Å²) in [5.74, 6) is 0. The molecule has 0 aromatic carbocycles. The molecule has 0 unspecified atom stereocenters. The molecule has 0 heterocycles. The van der Waals surface area contributed by atoms with Gasteiger partial charge in [0.15, 0.2) is 0 Å². The van der Waals surface area contributed by atoms with Gasteiger partial charge in [0, 0.05) is 5.70 Å². The molecule has 0 bridgehead atoms. The summed E-state index contributed by atoms with van der Waals surface area (Å²) in [6.07, 6.45) is 7.76. The standard InChI is InChI=1S/C6H10N/c7-6-4-2-1-3-5-6/h1-4,7H2. The average Bonchev–Trinajstić information content (AvgIpc) is 1.69. The Hall–Kier alpha value is -0.460. The van der Waals surface area contributed by atoms with E-state index in [-0.39, 0.29) is 0 Å². The molecule has 1 radical (unpaired) electrons. The largest absolute Gasteiger partial charge is 0.402 e. The first-order chi connectivity index (χ1) is 3.39. The van der Waals surface area contributed by atoms with E-state index in [1.54, 1.807) is 0 Å². The van der Waals surface area contributed by atoms with Gasteiger partial charge in [0.25, 0.3) is 0 Å². The minimum atomic E-state index is 0.964. The van der Waals surface area contributed by atoms with E-state index in [1.807, 2.05) is 0 Å². The third-order valence-corrected chi connectivity index (χ3v) is 1.22. The molecular weight excluding hydrogens is 86.1 g/mol. The number of hydrogen-bond acceptors (Lipinski definition) is 1. The molecule has 0 fully saturated rings. The Labute approximate surface area is 44.2 Å². The molecule has 0 spiro atoms. The van der Waals surface area contributed by atoms with Gasteiger partial charge in [-0.2, -0.15) is 0 Å². The lowest BCUT2D eigenvalue weighted by atomic mass is 10.1. The number of allylic oxidation sites excluding steroid dienone is 2. The van der Waals surface area contributed by atoms with E-state index in [0.717, 1.165) is 18.5 Å². The summed E-state index contributed by atoms with van der Waals surface area (Å²) in [4.78, 5) is 0. The lowest BCUT2D eigenvalue weighted by molar-refractivity contribution is 0.683. The first-order valence-electron chi connectivity index (χ1n) is 2.75. The van der Waals surface area contributed by atoms with Crippen LogP contribution in [0, 0.1) is 6.08 Å². The summed E-state index contributed by atoms with van der Waals surface area (Å²) in [6, 6.07) is 0. The fourth-order valence-electron chi connectivity index (χ4n) is 0.778. The van der Waals surface area contributed by atoms with E-state index in [4.69, 9.17) is 5.73 Å². The van der Waals surface area contributed by atoms with Crippen LogP contribution < -0.4 is 5.73 Å². The maximum atomic E-state index is 5.44. The molecule has 0 aromatic heterocycles. The van der Waals surface area contributed by atoms with Gasteiger partial charge in [0.2, 0.25) is 0 Å². The Kier molecular flexibility index (Phi) is 1.35. The molecule has 0 aromatic rings. The molecule has 0 saturated heterocycles. The quantitative estimate of drug-likeness (QED) is 0.482. The van der Waals surface area contributed by atoms with E-state index < -0.39 is 0 Å². The number of hydrogen-bond donors (Lipinski definition) is 1. The van der Waals surface area contributed by atoms with Gasteiger partial charge in [0.1, 0.15) is 0 Å². The highest BCUT2D eigenvalue weighted by Crippen LogP contribution is 2.10. The predicted molar refractivity (Wildman–Crippen MR) is 29.4 cm³/mol. The summed E-state index contributed by atoms with van der Waals surface area (Å²) >= 11 is 0. The van der Waals surface area contributed by atoms with Crippen LogP contribution in [0.25, 0.3) is 0 Å². The SMILES string of the molecule is NC1=[C]CCCC1. The first kappa shape index (κ1) is 4.69. The second-order valence-corrected chi connectivity index (χ2v) is 1.91. The van der Waals surface area contributed by atoms with Crippen molar-refractivity contribution < 1.29 is 0 Å². The predicted octanol–water partition coefficient (Wildman–Crippen LogP) is 1.21. The molecule has 1 heteroatoms. The minimum Gasteiger partial charge on any atom is -0.402 e. The topological polar surface area (TPSA) is 26.0 Å². The lowest BCUT2D eigenvalue weighted by Gasteiger charge is -2.04. The molecule has 1 aliphatic rings. The van der Waals surface area contributed by atoms with Crippen molar-refractivity contribution in [3.05, 3.63) is 11.8 Å². The van der Waals surface area contributed by atoms with Crippen LogP contribution in [-0.2, 0) is 0 Å². The van der Waals surface area contributed by atoms with Crippen molar-refractivity contribution in [1.29, 1.82) is 0 Å². The summed E-state index contributed by atoms with van der Waals surface area (Å²) < 4.78 is 0. The van der Waals surface area contributed by atoms with Crippen LogP contribution in [0.2, 0.25) is 0 Å². The Morgan fingerprint density at radius 1 is 1.43 bits per heavy atom. The Morgan fingerprint density at radius 2 is 2.29 bits per heavy atom. The van der Waals surface area contributed by atoms with E-state index in [2.05, 4.69) is 6.08 Å². The Morgan fingerprint density at radius 3 is 2.57 bits per heavy atom. The smallest absolute Gasteiger partial charge is 0.0116 e. The third-order valence-electron chi connectivity index (χ3n) is 1.22. The monoisotopic (exact) mass is 96.1 g/mol. The second kappa shape index (κ2) is 2.01. The van der Waals surface area contributed by atoms with Crippen molar-refractivity contribution in [3.63, 3.8) is 0 Å². The molecule has 2 N–H and O–H groups in total. The maximum absolute atomic E-state index is 5.44. The van der Waals surface area contributed by atoms with Gasteiger partial charge in [-0.05, 0) is 31.8 Å². The molecule has 39 valence electrons. The number of rotatable bonds is 0. The van der Waals surface area contributed by atoms with Crippen LogP contribution in [0.5, 0.6) is 0 Å². The zero-order chi connectivity index (χ0) is 5.11. The van der Waals surface area contributed by atoms with Crippen LogP contribution in [-0.4, -0.2) is 0 Å². The fraction of sp³-hybridized carbons (Fsp3) is 0.667. The Balaban J connectivity index is 2.40. The molecule has 1 aliphatic carbocycles. The Bertz CT molecular complexity index is 84.2. The summed E-state index contributed by atoms with van der Waals surface area (Å²) in [6.45, 7) is 0. The van der Waals surface area contributed by atoms with Crippen LogP contribution in [0.4, 0.5) is 0 Å². The van der Waals surface area contributed by atoms with Crippen molar-refractivity contribution in [1.82, 2.24) is 0 Å². The van der Waals surface area contributed by atoms with Gasteiger partial charge in [-0.15, -0.1) is 0 Å². The highest BCUT2D eigenvalue weighted by atomic mass is 14.6. The molecule has 0 amide bonds. The normalized spacial score (nSPS) is 21.4. The van der Waals surface area contributed by atoms with Crippen molar-refractivity contribution in [3.8, 4) is 0 Å². The van der Waals surface area contributed by atoms with Gasteiger partial charge in [-0.25, -0.2) is 0 Å². The fourth-order valence-corrected chi connectivity index (χ4v) is 0.778. The highest BCUT2D eigenvalue weighted by molar-refractivity contribution is 4.92. The number of nitrogens with two attached hydrogens (primary N) is 1. The van der Waals surface area contributed by atoms with Crippen molar-refractivity contribution in [2.24, 2.45) is 5.73 Å². The van der Waals surface area contributed by atoms with Crippen molar-refractivity contribution >= 4 is 0 Å². The van der Waals surface area contributed by atoms with Crippen LogP contribution in [0.1, 0.15) is 25.7 Å². The second-order valence-electron chi connectivity index (χ2n) is 1.91. The summed E-state index contributed by atoms with van der Waals surface area (Å²) in [5.41, 5.74) is 6.40. The molecule has 0 atom stereocenters. The van der Waals surface area contributed by atoms with Gasteiger partial charge in [-0.1, -0.05) is 0 Å². The van der Waals surface area contributed by atoms with E-state index in [0.29, 0.717) is 0 Å². The van der Waals surface area contributed by atoms with E-state index in [9.17, 15) is 0 Å². The zero-order valence-corrected chi connectivity index (χ0v) is 4.41. The summed E-state index contributed by atoms with van der Waals surface area (Å²) in [5, 5.41) is 0. The van der Waals surface area contributed by atoms with Crippen LogP contribution >= 0.6 is 0 Å². The zero-order valence-electron chi connectivity index (χ0n) is 4.41. The lowest BCUT2D eigenvalue weighted by Crippen LogP contribution is -2.00. The molecule has 1 rings (SSSR count). The average molecular weight is 96.2 g/mol. The van der Waals surface area contributed by atoms with Crippen LogP contribution in [0.15, 0.2) is 5.70 Å². The first-order valence-corrected chi connectivity index (χ1v) is 2.75. The maximum Gasteiger partial charge on any atom is 0.0116 e. The van der Waals surface area contributed by atoms with Gasteiger partial charge >= 0.3 is 0 Å². The molecule has 1 nitrogen and oxygen atoms in total. The van der Waals surface area contributed by atoms with E-state index in [1.165, 1.54) is 12.8 Å². The third kappa shape index (κ3) is 1.22.